The summed E-state index contributed by atoms with van der Waals surface area (Å²) in [6.07, 6.45) is 0.661. The van der Waals surface area contributed by atoms with Gasteiger partial charge in [-0.3, -0.25) is 0 Å². The number of benzene rings is 1. The van der Waals surface area contributed by atoms with E-state index in [1.54, 1.807) is 4.31 Å². The van der Waals surface area contributed by atoms with Crippen LogP contribution in [0, 0.1) is 0 Å². The second-order valence-electron chi connectivity index (χ2n) is 4.76. The summed E-state index contributed by atoms with van der Waals surface area (Å²) in [6.45, 7) is 4.35. The van der Waals surface area contributed by atoms with Crippen LogP contribution in [0.1, 0.15) is 13.3 Å². The lowest BCUT2D eigenvalue weighted by atomic mass is 10.2. The van der Waals surface area contributed by atoms with E-state index >= 15 is 0 Å². The first-order valence-corrected chi connectivity index (χ1v) is 8.23. The summed E-state index contributed by atoms with van der Waals surface area (Å²) < 4.78 is 25.5. The van der Waals surface area contributed by atoms with E-state index in [9.17, 15) is 8.42 Å². The van der Waals surface area contributed by atoms with Crippen LogP contribution in [0.3, 0.4) is 0 Å². The molecule has 0 bridgehead atoms. The Bertz CT molecular complexity index is 522. The fourth-order valence-electron chi connectivity index (χ4n) is 2.37. The van der Waals surface area contributed by atoms with Gasteiger partial charge in [-0.1, -0.05) is 19.1 Å². The van der Waals surface area contributed by atoms with Gasteiger partial charge >= 0.3 is 0 Å². The van der Waals surface area contributed by atoms with E-state index in [1.165, 1.54) is 0 Å². The van der Waals surface area contributed by atoms with Crippen molar-refractivity contribution in [2.45, 2.75) is 13.3 Å². The summed E-state index contributed by atoms with van der Waals surface area (Å²) >= 11 is 0. The Morgan fingerprint density at radius 2 is 1.79 bits per heavy atom. The second kappa shape index (κ2) is 5.79. The van der Waals surface area contributed by atoms with Crippen molar-refractivity contribution in [1.29, 1.82) is 0 Å². The SMILES string of the molecule is CCCS(=O)(=O)N1CCN(c2ccccc2N)CC1. The lowest BCUT2D eigenvalue weighted by molar-refractivity contribution is 0.385. The highest BCUT2D eigenvalue weighted by Crippen LogP contribution is 2.24. The van der Waals surface area contributed by atoms with Crippen LogP contribution in [0.5, 0.6) is 0 Å². The van der Waals surface area contributed by atoms with Crippen LogP contribution < -0.4 is 10.6 Å². The molecule has 1 aromatic carbocycles. The van der Waals surface area contributed by atoms with Crippen molar-refractivity contribution in [3.63, 3.8) is 0 Å². The monoisotopic (exact) mass is 283 g/mol. The van der Waals surface area contributed by atoms with Crippen molar-refractivity contribution in [3.8, 4) is 0 Å². The third-order valence-electron chi connectivity index (χ3n) is 3.37. The van der Waals surface area contributed by atoms with Crippen LogP contribution in [0.25, 0.3) is 0 Å². The molecule has 0 spiro atoms. The van der Waals surface area contributed by atoms with Crippen LogP contribution in [0.4, 0.5) is 11.4 Å². The first-order chi connectivity index (χ1) is 9.04. The molecule has 0 aromatic heterocycles. The molecule has 0 aliphatic carbocycles. The first kappa shape index (κ1) is 14.1. The molecule has 2 N–H and O–H groups in total. The molecule has 2 rings (SSSR count). The predicted molar refractivity (Wildman–Crippen MR) is 78.7 cm³/mol. The Morgan fingerprint density at radius 1 is 1.16 bits per heavy atom. The number of nitrogens with two attached hydrogens (primary N) is 1. The zero-order valence-electron chi connectivity index (χ0n) is 11.2. The first-order valence-electron chi connectivity index (χ1n) is 6.62. The summed E-state index contributed by atoms with van der Waals surface area (Å²) in [5.74, 6) is 0.237. The molecule has 1 aliphatic heterocycles. The molecular formula is C13H21N3O2S. The topological polar surface area (TPSA) is 66.6 Å². The minimum Gasteiger partial charge on any atom is -0.397 e. The van der Waals surface area contributed by atoms with Crippen LogP contribution >= 0.6 is 0 Å². The quantitative estimate of drug-likeness (QED) is 0.841. The van der Waals surface area contributed by atoms with Gasteiger partial charge in [-0.15, -0.1) is 0 Å². The average Bonchev–Trinajstić information content (AvgIpc) is 2.39. The molecule has 106 valence electrons. The number of anilines is 2. The number of rotatable bonds is 4. The van der Waals surface area contributed by atoms with Crippen molar-refractivity contribution >= 4 is 21.4 Å². The molecule has 0 saturated carbocycles. The van der Waals surface area contributed by atoms with Gasteiger partial charge in [-0.2, -0.15) is 4.31 Å². The van der Waals surface area contributed by atoms with E-state index in [4.69, 9.17) is 5.73 Å². The van der Waals surface area contributed by atoms with E-state index in [0.29, 0.717) is 32.6 Å². The van der Waals surface area contributed by atoms with Gasteiger partial charge in [-0.25, -0.2) is 8.42 Å². The van der Waals surface area contributed by atoms with E-state index in [0.717, 1.165) is 11.4 Å². The summed E-state index contributed by atoms with van der Waals surface area (Å²) in [5, 5.41) is 0. The molecule has 0 radical (unpaired) electrons. The van der Waals surface area contributed by atoms with Gasteiger partial charge < -0.3 is 10.6 Å². The highest BCUT2D eigenvalue weighted by Gasteiger charge is 2.26. The molecule has 5 nitrogen and oxygen atoms in total. The lowest BCUT2D eigenvalue weighted by Gasteiger charge is -2.35. The number of hydrogen-bond acceptors (Lipinski definition) is 4. The van der Waals surface area contributed by atoms with Crippen molar-refractivity contribution in [1.82, 2.24) is 4.31 Å². The molecule has 1 fully saturated rings. The normalized spacial score (nSPS) is 17.6. The molecule has 19 heavy (non-hydrogen) atoms. The zero-order valence-corrected chi connectivity index (χ0v) is 12.1. The van der Waals surface area contributed by atoms with Crippen LogP contribution in [0.2, 0.25) is 0 Å². The fraction of sp³-hybridized carbons (Fsp3) is 0.538. The summed E-state index contributed by atoms with van der Waals surface area (Å²) in [4.78, 5) is 2.15. The van der Waals surface area contributed by atoms with E-state index in [-0.39, 0.29) is 5.75 Å². The van der Waals surface area contributed by atoms with Crippen LogP contribution in [-0.2, 0) is 10.0 Å². The standard InChI is InChI=1S/C13H21N3O2S/c1-2-11-19(17,18)16-9-7-15(8-10-16)13-6-4-3-5-12(13)14/h3-6H,2,7-11,14H2,1H3. The largest absolute Gasteiger partial charge is 0.397 e. The number of sulfonamides is 1. The Labute approximate surface area is 115 Å². The zero-order chi connectivity index (χ0) is 13.9. The third kappa shape index (κ3) is 3.19. The molecule has 1 aromatic rings. The Hall–Kier alpha value is -1.27. The lowest BCUT2D eigenvalue weighted by Crippen LogP contribution is -2.49. The summed E-state index contributed by atoms with van der Waals surface area (Å²) in [7, 11) is -3.07. The molecule has 0 atom stereocenters. The predicted octanol–water partition coefficient (Wildman–Crippen LogP) is 1.13. The summed E-state index contributed by atoms with van der Waals surface area (Å²) in [5.41, 5.74) is 7.68. The van der Waals surface area contributed by atoms with Gasteiger partial charge in [0.05, 0.1) is 17.1 Å². The van der Waals surface area contributed by atoms with Gasteiger partial charge in [0.1, 0.15) is 0 Å². The molecule has 6 heteroatoms. The maximum absolute atomic E-state index is 12.0. The van der Waals surface area contributed by atoms with Crippen molar-refractivity contribution < 1.29 is 8.42 Å². The number of hydrogen-bond donors (Lipinski definition) is 1. The van der Waals surface area contributed by atoms with Gasteiger partial charge in [0.25, 0.3) is 0 Å². The average molecular weight is 283 g/mol. The minimum atomic E-state index is -3.07. The summed E-state index contributed by atoms with van der Waals surface area (Å²) in [6, 6.07) is 7.70. The Kier molecular flexibility index (Phi) is 4.31. The van der Waals surface area contributed by atoms with Crippen LogP contribution in [-0.4, -0.2) is 44.7 Å². The molecule has 0 unspecified atom stereocenters. The maximum atomic E-state index is 12.0. The smallest absolute Gasteiger partial charge is 0.214 e. The molecule has 1 saturated heterocycles. The second-order valence-corrected chi connectivity index (χ2v) is 6.85. The van der Waals surface area contributed by atoms with Crippen molar-refractivity contribution in [2.75, 3.05) is 42.6 Å². The third-order valence-corrected chi connectivity index (χ3v) is 5.45. The van der Waals surface area contributed by atoms with Crippen molar-refractivity contribution in [2.24, 2.45) is 0 Å². The van der Waals surface area contributed by atoms with Gasteiger partial charge in [0.2, 0.25) is 10.0 Å². The highest BCUT2D eigenvalue weighted by atomic mass is 32.2. The number of nitrogens with zero attached hydrogens (tertiary/aromatic N) is 2. The number of nitrogen functional groups attached to an aromatic ring is 1. The van der Waals surface area contributed by atoms with Crippen molar-refractivity contribution in [3.05, 3.63) is 24.3 Å². The Balaban J connectivity index is 2.02. The van der Waals surface area contributed by atoms with Gasteiger partial charge in [0, 0.05) is 26.2 Å². The molecule has 1 aliphatic rings. The maximum Gasteiger partial charge on any atom is 0.214 e. The minimum absolute atomic E-state index is 0.237. The van der Waals surface area contributed by atoms with Gasteiger partial charge in [0.15, 0.2) is 0 Å². The van der Waals surface area contributed by atoms with Crippen LogP contribution in [0.15, 0.2) is 24.3 Å². The van der Waals surface area contributed by atoms with E-state index in [2.05, 4.69) is 4.90 Å². The van der Waals surface area contributed by atoms with E-state index in [1.807, 2.05) is 31.2 Å². The molecule has 0 amide bonds. The fourth-order valence-corrected chi connectivity index (χ4v) is 3.86. The Morgan fingerprint density at radius 3 is 2.37 bits per heavy atom. The number of para-hydroxylation sites is 2. The van der Waals surface area contributed by atoms with Gasteiger partial charge in [-0.05, 0) is 18.6 Å². The molecular weight excluding hydrogens is 262 g/mol. The number of piperazine rings is 1. The highest BCUT2D eigenvalue weighted by molar-refractivity contribution is 7.89. The molecule has 1 heterocycles. The van der Waals surface area contributed by atoms with E-state index < -0.39 is 10.0 Å².